The fraction of sp³-hybridized carbons (Fsp3) is 0.133. The van der Waals surface area contributed by atoms with Crippen molar-refractivity contribution >= 4 is 22.2 Å². The molecule has 20 heavy (non-hydrogen) atoms. The summed E-state index contributed by atoms with van der Waals surface area (Å²) in [6.07, 6.45) is -3.76. The molecule has 104 valence electrons. The second-order valence-corrected chi connectivity index (χ2v) is 5.20. The first-order valence-electron chi connectivity index (χ1n) is 5.80. The largest absolute Gasteiger partial charge is 0.416 e. The van der Waals surface area contributed by atoms with Gasteiger partial charge in [-0.15, -0.1) is 0 Å². The third-order valence-corrected chi connectivity index (χ3v) is 3.47. The highest BCUT2D eigenvalue weighted by molar-refractivity contribution is 9.10. The van der Waals surface area contributed by atoms with E-state index in [0.717, 1.165) is 16.6 Å². The van der Waals surface area contributed by atoms with Crippen molar-refractivity contribution in [1.82, 2.24) is 0 Å². The Hall–Kier alpha value is -1.62. The lowest BCUT2D eigenvalue weighted by Gasteiger charge is -2.14. The quantitative estimate of drug-likeness (QED) is 0.732. The van der Waals surface area contributed by atoms with Gasteiger partial charge >= 0.3 is 6.18 Å². The molecule has 0 heterocycles. The number of benzene rings is 2. The van der Waals surface area contributed by atoms with Gasteiger partial charge in [-0.1, -0.05) is 46.3 Å². The Balaban J connectivity index is 2.42. The Bertz CT molecular complexity index is 605. The Kier molecular flexibility index (Phi) is 4.28. The van der Waals surface area contributed by atoms with Gasteiger partial charge in [0, 0.05) is 4.47 Å². The van der Waals surface area contributed by atoms with Crippen molar-refractivity contribution in [3.8, 4) is 0 Å². The molecule has 2 rings (SSSR count). The highest BCUT2D eigenvalue weighted by atomic mass is 79.9. The summed E-state index contributed by atoms with van der Waals surface area (Å²) in [4.78, 5) is 11.3. The van der Waals surface area contributed by atoms with E-state index in [2.05, 4.69) is 15.9 Å². The van der Waals surface area contributed by atoms with Gasteiger partial charge in [-0.3, -0.25) is 0 Å². The summed E-state index contributed by atoms with van der Waals surface area (Å²) in [5.41, 5.74) is 0.235. The van der Waals surface area contributed by atoms with E-state index in [-0.39, 0.29) is 0 Å². The van der Waals surface area contributed by atoms with Gasteiger partial charge in [-0.05, 0) is 29.3 Å². The third kappa shape index (κ3) is 3.28. The highest BCUT2D eigenvalue weighted by Crippen LogP contribution is 2.32. The summed E-state index contributed by atoms with van der Waals surface area (Å²) >= 11 is 3.27. The van der Waals surface area contributed by atoms with Crippen LogP contribution in [0.5, 0.6) is 0 Å². The van der Waals surface area contributed by atoms with Crippen LogP contribution in [0.4, 0.5) is 13.2 Å². The minimum absolute atomic E-state index is 0.331. The third-order valence-electron chi connectivity index (χ3n) is 2.94. The molecule has 0 aliphatic heterocycles. The first-order chi connectivity index (χ1) is 9.41. The fourth-order valence-corrected chi connectivity index (χ4v) is 2.19. The molecule has 0 bridgehead atoms. The predicted octanol–water partition coefficient (Wildman–Crippen LogP) is 4.80. The number of alkyl halides is 3. The van der Waals surface area contributed by atoms with Crippen LogP contribution >= 0.6 is 15.9 Å². The lowest BCUT2D eigenvalue weighted by atomic mass is 9.91. The molecule has 2 aromatic rings. The molecule has 0 radical (unpaired) electrons. The van der Waals surface area contributed by atoms with E-state index in [4.69, 9.17) is 0 Å². The summed E-state index contributed by atoms with van der Waals surface area (Å²) in [5, 5.41) is 0. The van der Waals surface area contributed by atoms with E-state index in [9.17, 15) is 18.0 Å². The summed E-state index contributed by atoms with van der Waals surface area (Å²) in [7, 11) is 0. The minimum atomic E-state index is -4.41. The standard InChI is InChI=1S/C15H10BrF3O/c16-13-6-4-10(5-7-13)14(9-20)11-2-1-3-12(8-11)15(17,18)19/h1-9,14H. The summed E-state index contributed by atoms with van der Waals surface area (Å²) in [6.45, 7) is 0. The molecular weight excluding hydrogens is 333 g/mol. The zero-order valence-electron chi connectivity index (χ0n) is 10.2. The molecule has 0 amide bonds. The number of carbonyl (C=O) groups excluding carboxylic acids is 1. The monoisotopic (exact) mass is 342 g/mol. The number of hydrogen-bond acceptors (Lipinski definition) is 1. The van der Waals surface area contributed by atoms with Gasteiger partial charge in [-0.25, -0.2) is 0 Å². The molecule has 0 fully saturated rings. The van der Waals surface area contributed by atoms with E-state index >= 15 is 0 Å². The number of rotatable bonds is 3. The van der Waals surface area contributed by atoms with Gasteiger partial charge in [0.25, 0.3) is 0 Å². The first-order valence-corrected chi connectivity index (χ1v) is 6.59. The van der Waals surface area contributed by atoms with Gasteiger partial charge < -0.3 is 4.79 Å². The molecule has 5 heteroatoms. The van der Waals surface area contributed by atoms with E-state index in [0.29, 0.717) is 17.4 Å². The second-order valence-electron chi connectivity index (χ2n) is 4.29. The molecule has 2 aromatic carbocycles. The maximum atomic E-state index is 12.7. The smallest absolute Gasteiger partial charge is 0.302 e. The fourth-order valence-electron chi connectivity index (χ4n) is 1.93. The number of hydrogen-bond donors (Lipinski definition) is 0. The van der Waals surface area contributed by atoms with Crippen LogP contribution in [-0.2, 0) is 11.0 Å². The van der Waals surface area contributed by atoms with Crippen molar-refractivity contribution in [2.75, 3.05) is 0 Å². The zero-order chi connectivity index (χ0) is 14.8. The second kappa shape index (κ2) is 5.79. The minimum Gasteiger partial charge on any atom is -0.302 e. The van der Waals surface area contributed by atoms with Crippen molar-refractivity contribution in [2.45, 2.75) is 12.1 Å². The van der Waals surface area contributed by atoms with Crippen molar-refractivity contribution in [3.05, 3.63) is 69.7 Å². The van der Waals surface area contributed by atoms with Gasteiger partial charge in [0.15, 0.2) is 0 Å². The summed E-state index contributed by atoms with van der Waals surface area (Å²) < 4.78 is 38.9. The van der Waals surface area contributed by atoms with Crippen LogP contribution in [0.15, 0.2) is 53.0 Å². The van der Waals surface area contributed by atoms with Crippen LogP contribution in [0.3, 0.4) is 0 Å². The molecular formula is C15H10BrF3O. The highest BCUT2D eigenvalue weighted by Gasteiger charge is 2.31. The summed E-state index contributed by atoms with van der Waals surface area (Å²) in [5.74, 6) is -0.703. The van der Waals surface area contributed by atoms with Crippen molar-refractivity contribution in [2.24, 2.45) is 0 Å². The van der Waals surface area contributed by atoms with Gasteiger partial charge in [-0.2, -0.15) is 13.2 Å². The van der Waals surface area contributed by atoms with Crippen LogP contribution in [0.2, 0.25) is 0 Å². The molecule has 1 nitrogen and oxygen atoms in total. The average Bonchev–Trinajstić information content (AvgIpc) is 2.41. The topological polar surface area (TPSA) is 17.1 Å². The molecule has 0 spiro atoms. The lowest BCUT2D eigenvalue weighted by Crippen LogP contribution is -2.08. The van der Waals surface area contributed by atoms with Crippen LogP contribution in [-0.4, -0.2) is 6.29 Å². The van der Waals surface area contributed by atoms with E-state index in [1.54, 1.807) is 24.3 Å². The van der Waals surface area contributed by atoms with E-state index in [1.165, 1.54) is 12.1 Å². The van der Waals surface area contributed by atoms with Crippen molar-refractivity contribution < 1.29 is 18.0 Å². The van der Waals surface area contributed by atoms with Crippen LogP contribution in [0, 0.1) is 0 Å². The summed E-state index contributed by atoms with van der Waals surface area (Å²) in [6, 6.07) is 11.8. The molecule has 0 saturated heterocycles. The van der Waals surface area contributed by atoms with Crippen molar-refractivity contribution in [1.29, 1.82) is 0 Å². The first kappa shape index (κ1) is 14.8. The van der Waals surface area contributed by atoms with Gasteiger partial charge in [0.1, 0.15) is 6.29 Å². The molecule has 0 aliphatic rings. The number of halogens is 4. The Labute approximate surface area is 122 Å². The Morgan fingerprint density at radius 3 is 2.20 bits per heavy atom. The Morgan fingerprint density at radius 1 is 1.00 bits per heavy atom. The maximum Gasteiger partial charge on any atom is 0.416 e. The number of carbonyl (C=O) groups is 1. The lowest BCUT2D eigenvalue weighted by molar-refractivity contribution is -0.137. The predicted molar refractivity (Wildman–Crippen MR) is 73.5 cm³/mol. The average molecular weight is 343 g/mol. The van der Waals surface area contributed by atoms with E-state index < -0.39 is 17.7 Å². The normalized spacial score (nSPS) is 13.0. The molecule has 0 aliphatic carbocycles. The number of aldehydes is 1. The molecule has 0 aromatic heterocycles. The maximum absolute atomic E-state index is 12.7. The van der Waals surface area contributed by atoms with E-state index in [1.807, 2.05) is 0 Å². The van der Waals surface area contributed by atoms with Crippen LogP contribution < -0.4 is 0 Å². The molecule has 0 N–H and O–H groups in total. The molecule has 0 saturated carbocycles. The Morgan fingerprint density at radius 2 is 1.65 bits per heavy atom. The zero-order valence-corrected chi connectivity index (χ0v) is 11.8. The molecule has 1 atom stereocenters. The van der Waals surface area contributed by atoms with Crippen LogP contribution in [0.1, 0.15) is 22.6 Å². The molecule has 1 unspecified atom stereocenters. The SMILES string of the molecule is O=CC(c1ccc(Br)cc1)c1cccc(C(F)(F)F)c1. The van der Waals surface area contributed by atoms with Crippen LogP contribution in [0.25, 0.3) is 0 Å². The van der Waals surface area contributed by atoms with Gasteiger partial charge in [0.05, 0.1) is 11.5 Å². The van der Waals surface area contributed by atoms with Crippen molar-refractivity contribution in [3.63, 3.8) is 0 Å². The van der Waals surface area contributed by atoms with Gasteiger partial charge in [0.2, 0.25) is 0 Å².